The number of phenolic OH excluding ortho intramolecular Hbond substituents is 1. The Balaban J connectivity index is 1.72. The third-order valence-corrected chi connectivity index (χ3v) is 7.08. The number of hydrogen-bond donors (Lipinski definition) is 5. The third-order valence-electron chi connectivity index (χ3n) is 5.00. The van der Waals surface area contributed by atoms with Gasteiger partial charge in [0.15, 0.2) is 0 Å². The Morgan fingerprint density at radius 2 is 1.85 bits per heavy atom. The Labute approximate surface area is 160 Å². The van der Waals surface area contributed by atoms with Crippen LogP contribution in [0.4, 0.5) is 0 Å². The number of phenols is 1. The van der Waals surface area contributed by atoms with Crippen LogP contribution in [0.2, 0.25) is 0 Å². The second-order valence-electron chi connectivity index (χ2n) is 7.59. The van der Waals surface area contributed by atoms with Gasteiger partial charge in [-0.1, -0.05) is 31.4 Å². The zero-order valence-corrected chi connectivity index (χ0v) is 16.5. The van der Waals surface area contributed by atoms with E-state index < -0.39 is 25.4 Å². The monoisotopic (exact) mass is 398 g/mol. The van der Waals surface area contributed by atoms with E-state index in [4.69, 9.17) is 5.73 Å². The predicted octanol–water partition coefficient (Wildman–Crippen LogP) is 1.59. The van der Waals surface area contributed by atoms with E-state index in [1.165, 1.54) is 18.6 Å². The average Bonchev–Trinajstić information content (AvgIpc) is 2.61. The fraction of sp³-hybridized carbons (Fsp3) is 0.632. The maximum atomic E-state index is 12.4. The third kappa shape index (κ3) is 8.01. The molecule has 0 spiro atoms. The molecule has 2 rings (SSSR count). The summed E-state index contributed by atoms with van der Waals surface area (Å²) in [5, 5.41) is 21.9. The predicted molar refractivity (Wildman–Crippen MR) is 105 cm³/mol. The Morgan fingerprint density at radius 3 is 2.48 bits per heavy atom. The van der Waals surface area contributed by atoms with Gasteiger partial charge in [0, 0.05) is 12.7 Å². The number of rotatable bonds is 9. The Hall–Kier alpha value is -1.40. The quantitative estimate of drug-likeness (QED) is 0.401. The zero-order valence-electron chi connectivity index (χ0n) is 15.6. The second-order valence-corrected chi connectivity index (χ2v) is 10.0. The van der Waals surface area contributed by atoms with Gasteiger partial charge in [-0.15, -0.1) is 0 Å². The highest BCUT2D eigenvalue weighted by Crippen LogP contribution is 2.45. The molecular weight excluding hydrogens is 367 g/mol. The standard InChI is InChI=1S/C19H31N2O5P/c20-18(10-14-6-8-16(22)9-7-14)19(24)21-11-17(23)13-27(25,26)12-15-4-2-1-3-5-15/h6-9,15,17-18,22-23H,1-5,10-13,20H2,(H,21,24)(H,25,26). The highest BCUT2D eigenvalue weighted by molar-refractivity contribution is 7.58. The Kier molecular flexibility index (Phi) is 8.29. The molecule has 1 aliphatic carbocycles. The summed E-state index contributed by atoms with van der Waals surface area (Å²) in [6.45, 7) is -0.0999. The van der Waals surface area contributed by atoms with Crippen LogP contribution >= 0.6 is 7.37 Å². The summed E-state index contributed by atoms with van der Waals surface area (Å²) in [7, 11) is -3.42. The van der Waals surface area contributed by atoms with Gasteiger partial charge < -0.3 is 26.2 Å². The molecule has 7 nitrogen and oxygen atoms in total. The summed E-state index contributed by atoms with van der Waals surface area (Å²) in [4.78, 5) is 22.2. The summed E-state index contributed by atoms with van der Waals surface area (Å²) in [5.74, 6) is -0.0289. The van der Waals surface area contributed by atoms with Crippen LogP contribution in [0.25, 0.3) is 0 Å². The van der Waals surface area contributed by atoms with Crippen molar-refractivity contribution in [1.82, 2.24) is 5.32 Å². The SMILES string of the molecule is NC(Cc1ccc(O)cc1)C(=O)NCC(O)CP(=O)(O)CC1CCCCC1. The van der Waals surface area contributed by atoms with Gasteiger partial charge >= 0.3 is 0 Å². The minimum absolute atomic E-state index is 0.0999. The summed E-state index contributed by atoms with van der Waals surface area (Å²) in [5.41, 5.74) is 6.67. The van der Waals surface area contributed by atoms with Crippen LogP contribution in [-0.2, 0) is 15.8 Å². The fourth-order valence-corrected chi connectivity index (χ4v) is 5.68. The van der Waals surface area contributed by atoms with E-state index in [1.54, 1.807) is 12.1 Å². The maximum absolute atomic E-state index is 12.4. The van der Waals surface area contributed by atoms with Crippen LogP contribution in [0.3, 0.4) is 0 Å². The van der Waals surface area contributed by atoms with Gasteiger partial charge in [-0.25, -0.2) is 0 Å². The first kappa shape index (κ1) is 21.9. The van der Waals surface area contributed by atoms with Gasteiger partial charge in [-0.2, -0.15) is 0 Å². The largest absolute Gasteiger partial charge is 0.508 e. The van der Waals surface area contributed by atoms with E-state index in [-0.39, 0.29) is 30.5 Å². The number of carbonyl (C=O) groups is 1. The van der Waals surface area contributed by atoms with Crippen LogP contribution in [-0.4, -0.2) is 52.0 Å². The van der Waals surface area contributed by atoms with Gasteiger partial charge in [0.25, 0.3) is 0 Å². The highest BCUT2D eigenvalue weighted by Gasteiger charge is 2.28. The molecule has 3 unspecified atom stereocenters. The number of aliphatic hydroxyl groups excluding tert-OH is 1. The Morgan fingerprint density at radius 1 is 1.22 bits per heavy atom. The van der Waals surface area contributed by atoms with Crippen molar-refractivity contribution in [3.05, 3.63) is 29.8 Å². The lowest BCUT2D eigenvalue weighted by molar-refractivity contribution is -0.122. The molecule has 1 aromatic rings. The lowest BCUT2D eigenvalue weighted by atomic mass is 9.91. The van der Waals surface area contributed by atoms with Crippen molar-refractivity contribution < 1.29 is 24.5 Å². The lowest BCUT2D eigenvalue weighted by Gasteiger charge is -2.25. The highest BCUT2D eigenvalue weighted by atomic mass is 31.2. The van der Waals surface area contributed by atoms with E-state index >= 15 is 0 Å². The van der Waals surface area contributed by atoms with Crippen molar-refractivity contribution in [2.24, 2.45) is 11.7 Å². The molecule has 0 aromatic heterocycles. The van der Waals surface area contributed by atoms with E-state index in [2.05, 4.69) is 5.32 Å². The summed E-state index contributed by atoms with van der Waals surface area (Å²) in [6.07, 6.45) is 4.59. The minimum Gasteiger partial charge on any atom is -0.508 e. The summed E-state index contributed by atoms with van der Waals surface area (Å²) >= 11 is 0. The molecule has 1 aliphatic rings. The maximum Gasteiger partial charge on any atom is 0.237 e. The number of aliphatic hydroxyl groups is 1. The average molecular weight is 398 g/mol. The van der Waals surface area contributed by atoms with Gasteiger partial charge in [0.05, 0.1) is 18.3 Å². The van der Waals surface area contributed by atoms with Gasteiger partial charge in [0.1, 0.15) is 5.75 Å². The van der Waals surface area contributed by atoms with Gasteiger partial charge in [-0.05, 0) is 42.9 Å². The topological polar surface area (TPSA) is 133 Å². The van der Waals surface area contributed by atoms with Crippen LogP contribution < -0.4 is 11.1 Å². The van der Waals surface area contributed by atoms with E-state index in [1.807, 2.05) is 0 Å². The first-order chi connectivity index (χ1) is 12.7. The molecule has 6 N–H and O–H groups in total. The molecule has 0 bridgehead atoms. The van der Waals surface area contributed by atoms with E-state index in [0.717, 1.165) is 31.2 Å². The summed E-state index contributed by atoms with van der Waals surface area (Å²) in [6, 6.07) is 5.61. The molecular formula is C19H31N2O5P. The Bertz CT molecular complexity index is 646. The summed E-state index contributed by atoms with van der Waals surface area (Å²) < 4.78 is 12.4. The van der Waals surface area contributed by atoms with Crippen LogP contribution in [0.15, 0.2) is 24.3 Å². The van der Waals surface area contributed by atoms with Crippen LogP contribution in [0, 0.1) is 5.92 Å². The molecule has 0 saturated heterocycles. The van der Waals surface area contributed by atoms with E-state index in [9.17, 15) is 24.5 Å². The lowest BCUT2D eigenvalue weighted by Crippen LogP contribution is -2.45. The molecule has 1 fully saturated rings. The van der Waals surface area contributed by atoms with Crippen LogP contribution in [0.1, 0.15) is 37.7 Å². The van der Waals surface area contributed by atoms with Crippen molar-refractivity contribution in [2.75, 3.05) is 18.9 Å². The molecule has 8 heteroatoms. The second kappa shape index (κ2) is 10.2. The number of benzene rings is 1. The van der Waals surface area contributed by atoms with Gasteiger partial charge in [-0.3, -0.25) is 9.36 Å². The van der Waals surface area contributed by atoms with E-state index in [0.29, 0.717) is 6.42 Å². The molecule has 1 aromatic carbocycles. The zero-order chi connectivity index (χ0) is 19.9. The minimum atomic E-state index is -3.42. The number of nitrogens with one attached hydrogen (secondary N) is 1. The normalized spacial score (nSPS) is 19.8. The van der Waals surface area contributed by atoms with Crippen molar-refractivity contribution in [2.45, 2.75) is 50.7 Å². The number of amides is 1. The first-order valence-electron chi connectivity index (χ1n) is 9.55. The number of hydrogen-bond acceptors (Lipinski definition) is 5. The smallest absolute Gasteiger partial charge is 0.237 e. The molecule has 0 heterocycles. The molecule has 3 atom stereocenters. The number of nitrogens with two attached hydrogens (primary N) is 1. The fourth-order valence-electron chi connectivity index (χ4n) is 3.57. The number of aromatic hydroxyl groups is 1. The molecule has 0 aliphatic heterocycles. The molecule has 152 valence electrons. The molecule has 1 amide bonds. The molecule has 27 heavy (non-hydrogen) atoms. The molecule has 0 radical (unpaired) electrons. The molecule has 1 saturated carbocycles. The van der Waals surface area contributed by atoms with Crippen molar-refractivity contribution >= 4 is 13.3 Å². The van der Waals surface area contributed by atoms with Crippen molar-refractivity contribution in [3.63, 3.8) is 0 Å². The number of carbonyl (C=O) groups excluding carboxylic acids is 1. The van der Waals surface area contributed by atoms with Gasteiger partial charge in [0.2, 0.25) is 13.3 Å². The first-order valence-corrected chi connectivity index (χ1v) is 11.6. The van der Waals surface area contributed by atoms with Crippen molar-refractivity contribution in [3.8, 4) is 5.75 Å². The van der Waals surface area contributed by atoms with Crippen LogP contribution in [0.5, 0.6) is 5.75 Å². The van der Waals surface area contributed by atoms with Crippen molar-refractivity contribution in [1.29, 1.82) is 0 Å².